The van der Waals surface area contributed by atoms with Crippen molar-refractivity contribution in [3.8, 4) is 0 Å². The van der Waals surface area contributed by atoms with E-state index >= 15 is 0 Å². The number of amides is 4. The van der Waals surface area contributed by atoms with Gasteiger partial charge in [0, 0.05) is 0 Å². The van der Waals surface area contributed by atoms with Crippen molar-refractivity contribution in [2.45, 2.75) is 43.8 Å². The van der Waals surface area contributed by atoms with E-state index in [9.17, 15) is 29.1 Å². The second-order valence-corrected chi connectivity index (χ2v) is 5.92. The minimum atomic E-state index is -1.57. The Hall–Kier alpha value is -2.77. The van der Waals surface area contributed by atoms with Crippen LogP contribution < -0.4 is 33.2 Å². The lowest BCUT2D eigenvalue weighted by atomic mass is 10.1. The van der Waals surface area contributed by atoms with Gasteiger partial charge in [0.15, 0.2) is 0 Å². The van der Waals surface area contributed by atoms with Crippen LogP contribution in [0, 0.1) is 0 Å². The highest BCUT2D eigenvalue weighted by Gasteiger charge is 2.29. The maximum absolute atomic E-state index is 12.4. The molecule has 13 nitrogen and oxygen atoms in total. The van der Waals surface area contributed by atoms with Gasteiger partial charge in [-0.2, -0.15) is 0 Å². The standard InChI is InChI=1S/C15H28N6O7/c16-4-2-1-3-8(13(25)21-9(15(27)28)5-11(18)23)20-14(26)10(7-22)19-12(24)6-17/h8-10,22H,1-7,16-17H2,(H2,18,23)(H,19,24)(H,20,26)(H,21,25)(H,27,28). The first-order valence-corrected chi connectivity index (χ1v) is 8.58. The summed E-state index contributed by atoms with van der Waals surface area (Å²) in [6.07, 6.45) is 0.453. The SMILES string of the molecule is NCCCCC(NC(=O)C(CO)NC(=O)CN)C(=O)NC(CC(N)=O)C(=O)O. The van der Waals surface area contributed by atoms with E-state index in [2.05, 4.69) is 16.0 Å². The lowest BCUT2D eigenvalue weighted by Crippen LogP contribution is -2.57. The summed E-state index contributed by atoms with van der Waals surface area (Å²) in [5.41, 5.74) is 15.5. The van der Waals surface area contributed by atoms with Crippen LogP contribution in [-0.4, -0.2) is 77.6 Å². The van der Waals surface area contributed by atoms with E-state index in [4.69, 9.17) is 22.3 Å². The summed E-state index contributed by atoms with van der Waals surface area (Å²) in [5.74, 6) is -4.81. The molecule has 0 spiro atoms. The average molecular weight is 404 g/mol. The number of hydrogen-bond acceptors (Lipinski definition) is 8. The number of aliphatic hydroxyl groups excluding tert-OH is 1. The summed E-state index contributed by atoms with van der Waals surface area (Å²) in [4.78, 5) is 58.1. The van der Waals surface area contributed by atoms with Gasteiger partial charge in [-0.15, -0.1) is 0 Å². The number of unbranched alkanes of at least 4 members (excludes halogenated alkanes) is 1. The first-order chi connectivity index (χ1) is 13.2. The Bertz CT molecular complexity index is 571. The van der Waals surface area contributed by atoms with Crippen molar-refractivity contribution in [3.63, 3.8) is 0 Å². The molecule has 28 heavy (non-hydrogen) atoms. The molecular weight excluding hydrogens is 376 g/mol. The van der Waals surface area contributed by atoms with Gasteiger partial charge >= 0.3 is 5.97 Å². The van der Waals surface area contributed by atoms with Gasteiger partial charge in [0.2, 0.25) is 23.6 Å². The third kappa shape index (κ3) is 9.80. The first-order valence-electron chi connectivity index (χ1n) is 8.58. The van der Waals surface area contributed by atoms with Crippen LogP contribution >= 0.6 is 0 Å². The van der Waals surface area contributed by atoms with Crippen molar-refractivity contribution in [3.05, 3.63) is 0 Å². The molecule has 0 aliphatic rings. The minimum absolute atomic E-state index is 0.112. The molecule has 0 aromatic heterocycles. The van der Waals surface area contributed by atoms with Gasteiger partial charge in [-0.05, 0) is 25.8 Å². The summed E-state index contributed by atoms with van der Waals surface area (Å²) >= 11 is 0. The fourth-order valence-corrected chi connectivity index (χ4v) is 2.15. The highest BCUT2D eigenvalue weighted by Crippen LogP contribution is 2.03. The molecule has 0 aliphatic heterocycles. The van der Waals surface area contributed by atoms with Crippen LogP contribution in [0.1, 0.15) is 25.7 Å². The molecule has 13 heteroatoms. The second-order valence-electron chi connectivity index (χ2n) is 5.92. The molecule has 4 amide bonds. The molecule has 0 radical (unpaired) electrons. The Morgan fingerprint density at radius 3 is 1.89 bits per heavy atom. The number of carboxylic acids is 1. The lowest BCUT2D eigenvalue weighted by Gasteiger charge is -2.23. The third-order valence-corrected chi connectivity index (χ3v) is 3.62. The monoisotopic (exact) mass is 404 g/mol. The molecular formula is C15H28N6O7. The smallest absolute Gasteiger partial charge is 0.326 e. The molecule has 0 aromatic carbocycles. The molecule has 3 atom stereocenters. The molecule has 3 unspecified atom stereocenters. The molecule has 0 aliphatic carbocycles. The topological polar surface area (TPSA) is 240 Å². The largest absolute Gasteiger partial charge is 0.480 e. The minimum Gasteiger partial charge on any atom is -0.480 e. The van der Waals surface area contributed by atoms with Crippen molar-refractivity contribution in [1.82, 2.24) is 16.0 Å². The van der Waals surface area contributed by atoms with Crippen molar-refractivity contribution >= 4 is 29.6 Å². The Morgan fingerprint density at radius 1 is 0.857 bits per heavy atom. The van der Waals surface area contributed by atoms with Gasteiger partial charge < -0.3 is 43.4 Å². The second kappa shape index (κ2) is 13.4. The van der Waals surface area contributed by atoms with Gasteiger partial charge in [0.1, 0.15) is 18.1 Å². The number of primary amides is 1. The zero-order valence-electron chi connectivity index (χ0n) is 15.3. The summed E-state index contributed by atoms with van der Waals surface area (Å²) in [6.45, 7) is -0.806. The molecule has 0 bridgehead atoms. The Kier molecular flexibility index (Phi) is 12.1. The van der Waals surface area contributed by atoms with E-state index in [0.717, 1.165) is 0 Å². The predicted octanol–water partition coefficient (Wildman–Crippen LogP) is -4.52. The van der Waals surface area contributed by atoms with Crippen molar-refractivity contribution in [2.24, 2.45) is 17.2 Å². The number of nitrogens with one attached hydrogen (secondary N) is 3. The predicted molar refractivity (Wildman–Crippen MR) is 96.3 cm³/mol. The number of carbonyl (C=O) groups excluding carboxylic acids is 4. The van der Waals surface area contributed by atoms with Crippen LogP contribution in [0.25, 0.3) is 0 Å². The van der Waals surface area contributed by atoms with Gasteiger partial charge in [0.05, 0.1) is 19.6 Å². The normalized spacial score (nSPS) is 13.7. The molecule has 0 rings (SSSR count). The van der Waals surface area contributed by atoms with Crippen LogP contribution in [0.4, 0.5) is 0 Å². The number of nitrogens with two attached hydrogens (primary N) is 3. The Morgan fingerprint density at radius 2 is 1.43 bits per heavy atom. The van der Waals surface area contributed by atoms with Crippen LogP contribution in [0.15, 0.2) is 0 Å². The van der Waals surface area contributed by atoms with Crippen molar-refractivity contribution in [2.75, 3.05) is 19.7 Å². The van der Waals surface area contributed by atoms with Gasteiger partial charge in [-0.3, -0.25) is 19.2 Å². The van der Waals surface area contributed by atoms with E-state index in [-0.39, 0.29) is 6.42 Å². The van der Waals surface area contributed by atoms with Gasteiger partial charge in [0.25, 0.3) is 0 Å². The van der Waals surface area contributed by atoms with Crippen LogP contribution in [0.5, 0.6) is 0 Å². The number of carbonyl (C=O) groups is 5. The highest BCUT2D eigenvalue weighted by molar-refractivity contribution is 5.94. The molecule has 160 valence electrons. The van der Waals surface area contributed by atoms with Crippen molar-refractivity contribution in [1.29, 1.82) is 0 Å². The highest BCUT2D eigenvalue weighted by atomic mass is 16.4. The van der Waals surface area contributed by atoms with E-state index in [1.54, 1.807) is 0 Å². The first kappa shape index (κ1) is 25.2. The average Bonchev–Trinajstić information content (AvgIpc) is 2.63. The number of carboxylic acid groups (broad SMARTS) is 1. The summed E-state index contributed by atoms with van der Waals surface area (Å²) in [7, 11) is 0. The number of aliphatic carboxylic acids is 1. The fraction of sp³-hybridized carbons (Fsp3) is 0.667. The fourth-order valence-electron chi connectivity index (χ4n) is 2.15. The van der Waals surface area contributed by atoms with Crippen LogP contribution in [-0.2, 0) is 24.0 Å². The molecule has 0 heterocycles. The summed E-state index contributed by atoms with van der Waals surface area (Å²) in [6, 6.07) is -4.09. The van der Waals surface area contributed by atoms with E-state index in [1.807, 2.05) is 0 Å². The Labute approximate surface area is 161 Å². The quantitative estimate of drug-likeness (QED) is 0.130. The zero-order chi connectivity index (χ0) is 21.7. The number of hydrogen-bond donors (Lipinski definition) is 8. The zero-order valence-corrected chi connectivity index (χ0v) is 15.3. The molecule has 0 aromatic rings. The maximum Gasteiger partial charge on any atom is 0.326 e. The molecule has 0 fully saturated rings. The van der Waals surface area contributed by atoms with E-state index in [1.165, 1.54) is 0 Å². The molecule has 0 saturated carbocycles. The maximum atomic E-state index is 12.4. The lowest BCUT2D eigenvalue weighted by molar-refractivity contribution is -0.143. The van der Waals surface area contributed by atoms with E-state index in [0.29, 0.717) is 19.4 Å². The molecule has 0 saturated heterocycles. The summed E-state index contributed by atoms with van der Waals surface area (Å²) < 4.78 is 0. The number of aliphatic hydroxyl groups is 1. The Balaban J connectivity index is 5.19. The molecule has 11 N–H and O–H groups in total. The van der Waals surface area contributed by atoms with Crippen LogP contribution in [0.2, 0.25) is 0 Å². The van der Waals surface area contributed by atoms with E-state index < -0.39 is 67.3 Å². The third-order valence-electron chi connectivity index (χ3n) is 3.62. The number of rotatable bonds is 14. The van der Waals surface area contributed by atoms with Gasteiger partial charge in [-0.25, -0.2) is 4.79 Å². The van der Waals surface area contributed by atoms with Crippen molar-refractivity contribution < 1.29 is 34.2 Å². The van der Waals surface area contributed by atoms with Crippen LogP contribution in [0.3, 0.4) is 0 Å². The van der Waals surface area contributed by atoms with Gasteiger partial charge in [-0.1, -0.05) is 0 Å². The summed E-state index contributed by atoms with van der Waals surface area (Å²) in [5, 5.41) is 25.0.